The van der Waals surface area contributed by atoms with Crippen LogP contribution in [-0.2, 0) is 18.4 Å². The molecular weight excluding hydrogens is 426 g/mol. The number of ether oxygens (including phenoxy) is 1. The van der Waals surface area contributed by atoms with Gasteiger partial charge in [0.15, 0.2) is 11.0 Å². The van der Waals surface area contributed by atoms with Crippen molar-refractivity contribution in [2.24, 2.45) is 7.05 Å². The highest BCUT2D eigenvalue weighted by molar-refractivity contribution is 7.99. The first kappa shape index (κ1) is 20.4. The Morgan fingerprint density at radius 1 is 1.21 bits per heavy atom. The van der Waals surface area contributed by atoms with Gasteiger partial charge >= 0.3 is 0 Å². The molecule has 0 bridgehead atoms. The fraction of sp³-hybridized carbons (Fsp3) is 0.167. The summed E-state index contributed by atoms with van der Waals surface area (Å²) in [6, 6.07) is 10.5. The minimum Gasteiger partial charge on any atom is -0.484 e. The fourth-order valence-electron chi connectivity index (χ4n) is 2.19. The van der Waals surface area contributed by atoms with Gasteiger partial charge in [-0.3, -0.25) is 4.79 Å². The number of hydrogen-bond donors (Lipinski definition) is 1. The number of aromatic nitrogens is 3. The quantitative estimate of drug-likeness (QED) is 0.544. The number of rotatable bonds is 7. The Kier molecular flexibility index (Phi) is 6.77. The van der Waals surface area contributed by atoms with Gasteiger partial charge in [0, 0.05) is 23.8 Å². The van der Waals surface area contributed by atoms with E-state index < -0.39 is 0 Å². The van der Waals surface area contributed by atoms with Gasteiger partial charge in [-0.2, -0.15) is 0 Å². The first-order chi connectivity index (χ1) is 13.4. The highest BCUT2D eigenvalue weighted by Crippen LogP contribution is 2.28. The van der Waals surface area contributed by atoms with E-state index in [1.807, 2.05) is 0 Å². The second kappa shape index (κ2) is 9.27. The smallest absolute Gasteiger partial charge is 0.234 e. The predicted molar refractivity (Wildman–Crippen MR) is 108 cm³/mol. The topological polar surface area (TPSA) is 69.0 Å². The molecule has 1 N–H and O–H groups in total. The van der Waals surface area contributed by atoms with Crippen molar-refractivity contribution in [3.63, 3.8) is 0 Å². The molecule has 0 spiro atoms. The van der Waals surface area contributed by atoms with E-state index in [1.165, 1.54) is 36.0 Å². The summed E-state index contributed by atoms with van der Waals surface area (Å²) in [7, 11) is 1.78. The molecule has 6 nitrogen and oxygen atoms in total. The molecule has 0 fully saturated rings. The summed E-state index contributed by atoms with van der Waals surface area (Å²) in [4.78, 5) is 12.0. The van der Waals surface area contributed by atoms with Crippen LogP contribution in [0.4, 0.5) is 10.1 Å². The van der Waals surface area contributed by atoms with E-state index in [1.54, 1.807) is 29.8 Å². The van der Waals surface area contributed by atoms with Crippen LogP contribution in [0.5, 0.6) is 5.75 Å². The maximum Gasteiger partial charge on any atom is 0.234 e. The number of nitrogens with one attached hydrogen (secondary N) is 1. The summed E-state index contributed by atoms with van der Waals surface area (Å²) in [5.41, 5.74) is 0.525. The van der Waals surface area contributed by atoms with Crippen molar-refractivity contribution in [1.82, 2.24) is 14.8 Å². The van der Waals surface area contributed by atoms with E-state index in [0.717, 1.165) is 0 Å². The fourth-order valence-corrected chi connectivity index (χ4v) is 3.25. The van der Waals surface area contributed by atoms with Gasteiger partial charge in [0.2, 0.25) is 5.91 Å². The predicted octanol–water partition coefficient (Wildman–Crippen LogP) is 4.57. The van der Waals surface area contributed by atoms with Crippen LogP contribution in [0.3, 0.4) is 0 Å². The molecule has 3 aromatic rings. The third kappa shape index (κ3) is 5.37. The van der Waals surface area contributed by atoms with Crippen LogP contribution in [0.25, 0.3) is 0 Å². The van der Waals surface area contributed by atoms with Crippen molar-refractivity contribution in [3.8, 4) is 5.75 Å². The van der Waals surface area contributed by atoms with Gasteiger partial charge in [-0.05, 0) is 36.4 Å². The maximum atomic E-state index is 12.9. The third-order valence-corrected chi connectivity index (χ3v) is 5.20. The first-order valence-corrected chi connectivity index (χ1v) is 9.81. The molecule has 1 amide bonds. The number of halogens is 3. The van der Waals surface area contributed by atoms with Crippen LogP contribution >= 0.6 is 35.0 Å². The van der Waals surface area contributed by atoms with Crippen molar-refractivity contribution in [3.05, 3.63) is 64.2 Å². The number of anilines is 1. The Labute approximate surface area is 175 Å². The lowest BCUT2D eigenvalue weighted by molar-refractivity contribution is -0.113. The molecule has 28 heavy (non-hydrogen) atoms. The van der Waals surface area contributed by atoms with Crippen molar-refractivity contribution < 1.29 is 13.9 Å². The van der Waals surface area contributed by atoms with Gasteiger partial charge in [0.05, 0.1) is 10.8 Å². The third-order valence-electron chi connectivity index (χ3n) is 3.64. The summed E-state index contributed by atoms with van der Waals surface area (Å²) in [5, 5.41) is 12.3. The van der Waals surface area contributed by atoms with E-state index in [9.17, 15) is 9.18 Å². The summed E-state index contributed by atoms with van der Waals surface area (Å²) < 4.78 is 20.3. The molecule has 0 radical (unpaired) electrons. The second-order valence-electron chi connectivity index (χ2n) is 5.66. The molecule has 0 atom stereocenters. The zero-order valence-corrected chi connectivity index (χ0v) is 17.0. The first-order valence-electron chi connectivity index (χ1n) is 8.06. The molecule has 0 saturated heterocycles. The standard InChI is InChI=1S/C18H15Cl2FN4O2S/c1-25-16(9-27-15-8-11(19)2-7-14(15)20)23-24-18(25)28-10-17(26)22-13-5-3-12(21)4-6-13/h2-8H,9-10H2,1H3,(H,22,26). The van der Waals surface area contributed by atoms with Crippen molar-refractivity contribution >= 4 is 46.6 Å². The van der Waals surface area contributed by atoms with Crippen LogP contribution in [-0.4, -0.2) is 26.4 Å². The molecule has 10 heteroatoms. The molecule has 0 saturated carbocycles. The number of benzene rings is 2. The molecular formula is C18H15Cl2FN4O2S. The number of nitrogens with zero attached hydrogens (tertiary/aromatic N) is 3. The van der Waals surface area contributed by atoms with Crippen LogP contribution in [0, 0.1) is 5.82 Å². The van der Waals surface area contributed by atoms with Crippen molar-refractivity contribution in [2.45, 2.75) is 11.8 Å². The Hall–Kier alpha value is -2.29. The second-order valence-corrected chi connectivity index (χ2v) is 7.45. The molecule has 1 aromatic heterocycles. The lowest BCUT2D eigenvalue weighted by Crippen LogP contribution is -2.14. The van der Waals surface area contributed by atoms with Crippen molar-refractivity contribution in [1.29, 1.82) is 0 Å². The van der Waals surface area contributed by atoms with Gasteiger partial charge < -0.3 is 14.6 Å². The summed E-state index contributed by atoms with van der Waals surface area (Å²) in [5.74, 6) is 0.551. The monoisotopic (exact) mass is 440 g/mol. The molecule has 0 aliphatic carbocycles. The number of hydrogen-bond acceptors (Lipinski definition) is 5. The molecule has 146 valence electrons. The van der Waals surface area contributed by atoms with E-state index in [2.05, 4.69) is 15.5 Å². The molecule has 0 aliphatic rings. The van der Waals surface area contributed by atoms with Crippen LogP contribution in [0.1, 0.15) is 5.82 Å². The summed E-state index contributed by atoms with van der Waals surface area (Å²) in [6.45, 7) is 0.145. The molecule has 2 aromatic carbocycles. The van der Waals surface area contributed by atoms with Gasteiger partial charge in [-0.25, -0.2) is 4.39 Å². The molecule has 0 unspecified atom stereocenters. The van der Waals surface area contributed by atoms with Crippen LogP contribution < -0.4 is 10.1 Å². The number of carbonyl (C=O) groups is 1. The normalized spacial score (nSPS) is 10.7. The number of carbonyl (C=O) groups excluding carboxylic acids is 1. The Morgan fingerprint density at radius 3 is 2.71 bits per heavy atom. The Morgan fingerprint density at radius 2 is 1.96 bits per heavy atom. The maximum absolute atomic E-state index is 12.9. The largest absolute Gasteiger partial charge is 0.484 e. The average Bonchev–Trinajstić information content (AvgIpc) is 3.02. The SMILES string of the molecule is Cn1c(COc2cc(Cl)ccc2Cl)nnc1SCC(=O)Nc1ccc(F)cc1. The van der Waals surface area contributed by atoms with Gasteiger partial charge in [0.25, 0.3) is 0 Å². The van der Waals surface area contributed by atoms with Crippen molar-refractivity contribution in [2.75, 3.05) is 11.1 Å². The van der Waals surface area contributed by atoms with Gasteiger partial charge in [-0.15, -0.1) is 10.2 Å². The summed E-state index contributed by atoms with van der Waals surface area (Å²) >= 11 is 13.2. The lowest BCUT2D eigenvalue weighted by atomic mass is 10.3. The molecule has 3 rings (SSSR count). The van der Waals surface area contributed by atoms with Crippen LogP contribution in [0.2, 0.25) is 10.0 Å². The Bertz CT molecular complexity index is 982. The number of thioether (sulfide) groups is 1. The van der Waals surface area contributed by atoms with E-state index in [0.29, 0.717) is 32.5 Å². The highest BCUT2D eigenvalue weighted by atomic mass is 35.5. The number of amides is 1. The van der Waals surface area contributed by atoms with E-state index in [4.69, 9.17) is 27.9 Å². The van der Waals surface area contributed by atoms with E-state index >= 15 is 0 Å². The highest BCUT2D eigenvalue weighted by Gasteiger charge is 2.13. The minimum atomic E-state index is -0.361. The lowest BCUT2D eigenvalue weighted by Gasteiger charge is -2.08. The van der Waals surface area contributed by atoms with Gasteiger partial charge in [-0.1, -0.05) is 35.0 Å². The molecule has 1 heterocycles. The van der Waals surface area contributed by atoms with Crippen LogP contribution in [0.15, 0.2) is 47.6 Å². The summed E-state index contributed by atoms with van der Waals surface area (Å²) in [6.07, 6.45) is 0. The zero-order chi connectivity index (χ0) is 20.1. The zero-order valence-electron chi connectivity index (χ0n) is 14.7. The van der Waals surface area contributed by atoms with Gasteiger partial charge in [0.1, 0.15) is 18.2 Å². The van der Waals surface area contributed by atoms with E-state index in [-0.39, 0.29) is 24.1 Å². The average molecular weight is 441 g/mol. The Balaban J connectivity index is 1.54. The minimum absolute atomic E-state index is 0.129. The molecule has 0 aliphatic heterocycles.